The number of benzene rings is 3. The third kappa shape index (κ3) is 5.31. The molecule has 0 bridgehead atoms. The van der Waals surface area contributed by atoms with E-state index in [2.05, 4.69) is 11.4 Å². The number of hydrogen-bond donors (Lipinski definition) is 1. The minimum Gasteiger partial charge on any atom is -0.326 e. The second kappa shape index (κ2) is 9.33. The van der Waals surface area contributed by atoms with E-state index in [1.54, 1.807) is 30.3 Å². The zero-order valence-electron chi connectivity index (χ0n) is 15.5. The summed E-state index contributed by atoms with van der Waals surface area (Å²) in [6.45, 7) is 1.87. The largest absolute Gasteiger partial charge is 0.326 e. The number of carbonyl (C=O) groups is 1. The highest BCUT2D eigenvalue weighted by atomic mass is 35.5. The van der Waals surface area contributed by atoms with Crippen LogP contribution in [0.2, 0.25) is 15.1 Å². The van der Waals surface area contributed by atoms with Gasteiger partial charge in [-0.15, -0.1) is 0 Å². The number of anilines is 1. The summed E-state index contributed by atoms with van der Waals surface area (Å²) < 4.78 is 0. The van der Waals surface area contributed by atoms with Crippen molar-refractivity contribution in [2.45, 2.75) is 19.3 Å². The maximum atomic E-state index is 12.4. The monoisotopic (exact) mass is 442 g/mol. The topological polar surface area (TPSA) is 52.9 Å². The summed E-state index contributed by atoms with van der Waals surface area (Å²) in [5.74, 6) is -0.689. The lowest BCUT2D eigenvalue weighted by molar-refractivity contribution is -0.115. The summed E-state index contributed by atoms with van der Waals surface area (Å²) in [6, 6.07) is 20.0. The fraction of sp³-hybridized carbons (Fsp3) is 0.130. The number of nitrogens with zero attached hydrogens (tertiary/aromatic N) is 1. The first kappa shape index (κ1) is 21.2. The molecule has 0 heterocycles. The highest BCUT2D eigenvalue weighted by Gasteiger charge is 2.19. The lowest BCUT2D eigenvalue weighted by Crippen LogP contribution is -2.15. The van der Waals surface area contributed by atoms with E-state index in [4.69, 9.17) is 34.8 Å². The van der Waals surface area contributed by atoms with Crippen LogP contribution in [0.5, 0.6) is 0 Å². The summed E-state index contributed by atoms with van der Waals surface area (Å²) in [5.41, 5.74) is 3.79. The third-order valence-corrected chi connectivity index (χ3v) is 5.37. The predicted molar refractivity (Wildman–Crippen MR) is 119 cm³/mol. The lowest BCUT2D eigenvalue weighted by atomic mass is 9.91. The van der Waals surface area contributed by atoms with E-state index in [9.17, 15) is 10.1 Å². The zero-order chi connectivity index (χ0) is 21.0. The number of aryl methyl sites for hydroxylation is 1. The van der Waals surface area contributed by atoms with Gasteiger partial charge in [-0.25, -0.2) is 0 Å². The molecular weight excluding hydrogens is 427 g/mol. The molecule has 0 saturated heterocycles. The first-order valence-corrected chi connectivity index (χ1v) is 10.00. The van der Waals surface area contributed by atoms with Gasteiger partial charge in [0.05, 0.1) is 18.4 Å². The van der Waals surface area contributed by atoms with Gasteiger partial charge in [-0.3, -0.25) is 4.79 Å². The summed E-state index contributed by atoms with van der Waals surface area (Å²) in [6.07, 6.45) is 0.224. The van der Waals surface area contributed by atoms with Crippen LogP contribution in [0.15, 0.2) is 60.7 Å². The Balaban J connectivity index is 1.81. The molecule has 0 fully saturated rings. The van der Waals surface area contributed by atoms with Crippen molar-refractivity contribution in [3.05, 3.63) is 98.0 Å². The number of nitrogens with one attached hydrogen (secondary N) is 1. The lowest BCUT2D eigenvalue weighted by Gasteiger charge is -2.16. The summed E-state index contributed by atoms with van der Waals surface area (Å²) in [4.78, 5) is 12.4. The molecule has 6 heteroatoms. The normalized spacial score (nSPS) is 11.6. The predicted octanol–water partition coefficient (Wildman–Crippen LogP) is 6.79. The number of halogens is 3. The SMILES string of the molecule is Cc1cc(C(C#N)c2ccc(Cl)cc2)c(Cl)cc1NC(=O)Cc1ccc(Cl)cc1. The molecule has 3 nitrogen and oxygen atoms in total. The molecule has 1 atom stereocenters. The standard InChI is InChI=1S/C23H17Cl3N2O/c1-14-10-19(20(13-27)16-4-8-18(25)9-5-16)21(26)12-22(14)28-23(29)11-15-2-6-17(24)7-3-15/h2-10,12,20H,11H2,1H3,(H,28,29). The van der Waals surface area contributed by atoms with Crippen molar-refractivity contribution in [2.24, 2.45) is 0 Å². The van der Waals surface area contributed by atoms with Crippen molar-refractivity contribution in [2.75, 3.05) is 5.32 Å². The van der Waals surface area contributed by atoms with Gasteiger partial charge in [0.1, 0.15) is 0 Å². The number of rotatable bonds is 5. The van der Waals surface area contributed by atoms with E-state index < -0.39 is 5.92 Å². The molecule has 1 N–H and O–H groups in total. The van der Waals surface area contributed by atoms with Gasteiger partial charge in [0.2, 0.25) is 5.91 Å². The van der Waals surface area contributed by atoms with Crippen LogP contribution in [0.4, 0.5) is 5.69 Å². The molecule has 3 aromatic rings. The Labute approximate surface area is 184 Å². The van der Waals surface area contributed by atoms with Gasteiger partial charge in [0, 0.05) is 20.8 Å². The number of amides is 1. The maximum Gasteiger partial charge on any atom is 0.228 e. The quantitative estimate of drug-likeness (QED) is 0.472. The van der Waals surface area contributed by atoms with Gasteiger partial charge in [0.15, 0.2) is 0 Å². The summed E-state index contributed by atoms with van der Waals surface area (Å²) in [5, 5.41) is 14.2. The van der Waals surface area contributed by atoms with Crippen molar-refractivity contribution in [3.63, 3.8) is 0 Å². The van der Waals surface area contributed by atoms with Crippen molar-refractivity contribution in [3.8, 4) is 6.07 Å². The van der Waals surface area contributed by atoms with Crippen LogP contribution in [-0.2, 0) is 11.2 Å². The average molecular weight is 444 g/mol. The molecule has 0 radical (unpaired) electrons. The Morgan fingerprint density at radius 2 is 1.59 bits per heavy atom. The van der Waals surface area contributed by atoms with Gasteiger partial charge in [-0.1, -0.05) is 65.1 Å². The molecule has 0 aliphatic carbocycles. The van der Waals surface area contributed by atoms with Crippen molar-refractivity contribution < 1.29 is 4.79 Å². The van der Waals surface area contributed by atoms with E-state index in [0.29, 0.717) is 26.3 Å². The molecule has 146 valence electrons. The minimum absolute atomic E-state index is 0.159. The van der Waals surface area contributed by atoms with Gasteiger partial charge in [-0.05, 0) is 59.5 Å². The van der Waals surface area contributed by atoms with Crippen molar-refractivity contribution >= 4 is 46.4 Å². The van der Waals surface area contributed by atoms with Crippen LogP contribution in [0.1, 0.15) is 28.2 Å². The number of carbonyl (C=O) groups excluding carboxylic acids is 1. The third-order valence-electron chi connectivity index (χ3n) is 4.54. The molecule has 3 rings (SSSR count). The van der Waals surface area contributed by atoms with Crippen LogP contribution in [0.25, 0.3) is 0 Å². The van der Waals surface area contributed by atoms with E-state index in [1.165, 1.54) is 0 Å². The Hall–Kier alpha value is -2.51. The summed E-state index contributed by atoms with van der Waals surface area (Å²) in [7, 11) is 0. The molecule has 0 aromatic heterocycles. The van der Waals surface area contributed by atoms with Gasteiger partial charge in [0.25, 0.3) is 0 Å². The number of nitriles is 1. The smallest absolute Gasteiger partial charge is 0.228 e. The fourth-order valence-electron chi connectivity index (χ4n) is 3.02. The van der Waals surface area contributed by atoms with Gasteiger partial charge >= 0.3 is 0 Å². The molecular formula is C23H17Cl3N2O. The molecule has 3 aromatic carbocycles. The molecule has 1 amide bonds. The van der Waals surface area contributed by atoms with E-state index in [-0.39, 0.29) is 12.3 Å². The molecule has 0 aliphatic heterocycles. The van der Waals surface area contributed by atoms with Gasteiger partial charge in [-0.2, -0.15) is 5.26 Å². The van der Waals surface area contributed by atoms with Crippen LogP contribution in [-0.4, -0.2) is 5.91 Å². The van der Waals surface area contributed by atoms with E-state index >= 15 is 0 Å². The van der Waals surface area contributed by atoms with E-state index in [1.807, 2.05) is 37.3 Å². The van der Waals surface area contributed by atoms with Crippen molar-refractivity contribution in [1.82, 2.24) is 0 Å². The van der Waals surface area contributed by atoms with Crippen LogP contribution in [0.3, 0.4) is 0 Å². The highest BCUT2D eigenvalue weighted by molar-refractivity contribution is 6.32. The average Bonchev–Trinajstić information content (AvgIpc) is 2.69. The Morgan fingerprint density at radius 1 is 1.00 bits per heavy atom. The minimum atomic E-state index is -0.530. The Morgan fingerprint density at radius 3 is 2.17 bits per heavy atom. The molecule has 29 heavy (non-hydrogen) atoms. The first-order chi connectivity index (χ1) is 13.9. The van der Waals surface area contributed by atoms with Crippen LogP contribution < -0.4 is 5.32 Å². The van der Waals surface area contributed by atoms with E-state index in [0.717, 1.165) is 16.7 Å². The van der Waals surface area contributed by atoms with Crippen molar-refractivity contribution in [1.29, 1.82) is 5.26 Å². The number of hydrogen-bond acceptors (Lipinski definition) is 2. The molecule has 0 spiro atoms. The van der Waals surface area contributed by atoms with Crippen LogP contribution in [0, 0.1) is 18.3 Å². The second-order valence-corrected chi connectivity index (χ2v) is 7.93. The zero-order valence-corrected chi connectivity index (χ0v) is 17.8. The highest BCUT2D eigenvalue weighted by Crippen LogP contribution is 2.34. The molecule has 0 saturated carbocycles. The fourth-order valence-corrected chi connectivity index (χ4v) is 3.55. The molecule has 1 unspecified atom stereocenters. The first-order valence-electron chi connectivity index (χ1n) is 8.87. The van der Waals surface area contributed by atoms with Gasteiger partial charge < -0.3 is 5.32 Å². The molecule has 0 aliphatic rings. The van der Waals surface area contributed by atoms with Crippen LogP contribution >= 0.6 is 34.8 Å². The Bertz CT molecular complexity index is 1070. The maximum absolute atomic E-state index is 12.4. The Kier molecular flexibility index (Phi) is 6.82. The summed E-state index contributed by atoms with van der Waals surface area (Å²) >= 11 is 18.3. The second-order valence-electron chi connectivity index (χ2n) is 6.65.